The lowest BCUT2D eigenvalue weighted by Crippen LogP contribution is -2.21. The van der Waals surface area contributed by atoms with Crippen molar-refractivity contribution >= 4 is 10.4 Å². The Bertz CT molecular complexity index is 356. The van der Waals surface area contributed by atoms with Crippen LogP contribution in [0, 0.1) is 0 Å². The molecule has 0 aliphatic rings. The highest BCUT2D eigenvalue weighted by molar-refractivity contribution is 7.80. The van der Waals surface area contributed by atoms with Gasteiger partial charge >= 0.3 is 10.4 Å². The van der Waals surface area contributed by atoms with Crippen molar-refractivity contribution in [3.63, 3.8) is 0 Å². The molecule has 0 heterocycles. The second-order valence-corrected chi connectivity index (χ2v) is 7.49. The van der Waals surface area contributed by atoms with Crippen molar-refractivity contribution in [2.75, 3.05) is 6.61 Å². The first kappa shape index (κ1) is 23.8. The van der Waals surface area contributed by atoms with Crippen LogP contribution in [0.5, 0.6) is 0 Å². The lowest BCUT2D eigenvalue weighted by molar-refractivity contribution is -0.0818. The van der Waals surface area contributed by atoms with Gasteiger partial charge in [-0.3, -0.25) is 4.55 Å². The third kappa shape index (κ3) is 18.2. The van der Waals surface area contributed by atoms with Crippen molar-refractivity contribution < 1.29 is 21.9 Å². The van der Waals surface area contributed by atoms with Crippen molar-refractivity contribution in [2.45, 2.75) is 110 Å². The average molecular weight is 367 g/mol. The van der Waals surface area contributed by atoms with Gasteiger partial charge in [0.2, 0.25) is 0 Å². The zero-order chi connectivity index (χ0) is 18.1. The van der Waals surface area contributed by atoms with E-state index in [2.05, 4.69) is 11.1 Å². The largest absolute Gasteiger partial charge is 0.399 e. The lowest BCUT2D eigenvalue weighted by Gasteiger charge is -2.14. The topological polar surface area (TPSA) is 72.8 Å². The average Bonchev–Trinajstić information content (AvgIpc) is 2.50. The summed E-state index contributed by atoms with van der Waals surface area (Å²) < 4.78 is 39.8. The Morgan fingerprint density at radius 2 is 1.17 bits per heavy atom. The molecule has 0 aliphatic heterocycles. The summed E-state index contributed by atoms with van der Waals surface area (Å²) in [5, 5.41) is 0. The predicted octanol–water partition coefficient (Wildman–Crippen LogP) is 5.65. The minimum atomic E-state index is -4.44. The third-order valence-electron chi connectivity index (χ3n) is 4.12. The fourth-order valence-corrected chi connectivity index (χ4v) is 3.23. The van der Waals surface area contributed by atoms with E-state index in [-0.39, 0.29) is 0 Å². The van der Waals surface area contributed by atoms with Gasteiger partial charge in [0.25, 0.3) is 0 Å². The molecule has 0 saturated carbocycles. The van der Waals surface area contributed by atoms with Gasteiger partial charge in [0.1, 0.15) is 0 Å². The molecule has 1 N–H and O–H groups in total. The van der Waals surface area contributed by atoms with Crippen molar-refractivity contribution in [2.24, 2.45) is 0 Å². The Morgan fingerprint density at radius 3 is 1.54 bits per heavy atom. The van der Waals surface area contributed by atoms with E-state index in [1.807, 2.05) is 0 Å². The van der Waals surface area contributed by atoms with E-state index < -0.39 is 16.7 Å². The van der Waals surface area contributed by atoms with Crippen LogP contribution in [0.25, 0.3) is 0 Å². The molecular formula is C18H38O5S. The first-order valence-corrected chi connectivity index (χ1v) is 11.1. The van der Waals surface area contributed by atoms with Crippen LogP contribution in [0.15, 0.2) is 0 Å². The molecule has 0 spiro atoms. The summed E-state index contributed by atoms with van der Waals surface area (Å²) in [6.45, 7) is 4.38. The van der Waals surface area contributed by atoms with Crippen LogP contribution in [0.3, 0.4) is 0 Å². The Labute approximate surface area is 149 Å². The van der Waals surface area contributed by atoms with E-state index in [9.17, 15) is 8.42 Å². The molecule has 5 nitrogen and oxygen atoms in total. The van der Waals surface area contributed by atoms with E-state index in [1.54, 1.807) is 6.92 Å². The SMILES string of the molecule is CCCCCCCCCCCCCCCC(OCC)OS(=O)(=O)O. The Hall–Kier alpha value is -0.170. The van der Waals surface area contributed by atoms with Crippen LogP contribution in [0.1, 0.15) is 104 Å². The molecule has 0 radical (unpaired) electrons. The quantitative estimate of drug-likeness (QED) is 0.193. The summed E-state index contributed by atoms with van der Waals surface area (Å²) in [7, 11) is -4.44. The molecular weight excluding hydrogens is 328 g/mol. The fraction of sp³-hybridized carbons (Fsp3) is 1.00. The van der Waals surface area contributed by atoms with Gasteiger partial charge in [-0.1, -0.05) is 84.0 Å². The van der Waals surface area contributed by atoms with Gasteiger partial charge in [-0.15, -0.1) is 0 Å². The molecule has 0 amide bonds. The molecule has 146 valence electrons. The first-order chi connectivity index (χ1) is 11.5. The molecule has 6 heteroatoms. The van der Waals surface area contributed by atoms with Gasteiger partial charge in [0, 0.05) is 6.61 Å². The van der Waals surface area contributed by atoms with E-state index in [0.29, 0.717) is 13.0 Å². The van der Waals surface area contributed by atoms with Crippen molar-refractivity contribution in [1.82, 2.24) is 0 Å². The molecule has 24 heavy (non-hydrogen) atoms. The Kier molecular flexibility index (Phi) is 16.2. The number of hydrogen-bond donors (Lipinski definition) is 1. The van der Waals surface area contributed by atoms with Gasteiger partial charge < -0.3 is 4.74 Å². The zero-order valence-electron chi connectivity index (χ0n) is 15.7. The van der Waals surface area contributed by atoms with Crippen LogP contribution in [-0.2, 0) is 19.3 Å². The molecule has 0 fully saturated rings. The standard InChI is InChI=1S/C18H38O5S/c1-3-5-6-7-8-9-10-11-12-13-14-15-16-17-18(22-4-2)23-24(19,20)21/h18H,3-17H2,1-2H3,(H,19,20,21). The number of hydrogen-bond acceptors (Lipinski definition) is 4. The minimum Gasteiger partial charge on any atom is -0.352 e. The summed E-state index contributed by atoms with van der Waals surface area (Å²) in [6.07, 6.45) is 16.1. The Morgan fingerprint density at radius 1 is 0.750 bits per heavy atom. The number of unbranched alkanes of at least 4 members (excludes halogenated alkanes) is 12. The molecule has 0 aliphatic carbocycles. The maximum absolute atomic E-state index is 10.7. The van der Waals surface area contributed by atoms with E-state index in [4.69, 9.17) is 9.29 Å². The highest BCUT2D eigenvalue weighted by Crippen LogP contribution is 2.15. The second kappa shape index (κ2) is 16.3. The molecule has 0 aromatic carbocycles. The first-order valence-electron chi connectivity index (χ1n) is 9.77. The van der Waals surface area contributed by atoms with Crippen LogP contribution in [-0.4, -0.2) is 25.9 Å². The fourth-order valence-electron chi connectivity index (χ4n) is 2.81. The van der Waals surface area contributed by atoms with E-state index >= 15 is 0 Å². The molecule has 0 rings (SSSR count). The van der Waals surface area contributed by atoms with Gasteiger partial charge in [-0.25, -0.2) is 4.18 Å². The monoisotopic (exact) mass is 366 g/mol. The number of rotatable bonds is 18. The van der Waals surface area contributed by atoms with Crippen LogP contribution in [0.4, 0.5) is 0 Å². The van der Waals surface area contributed by atoms with E-state index in [1.165, 1.54) is 64.2 Å². The lowest BCUT2D eigenvalue weighted by atomic mass is 10.0. The van der Waals surface area contributed by atoms with Crippen LogP contribution >= 0.6 is 0 Å². The van der Waals surface area contributed by atoms with Crippen molar-refractivity contribution in [3.05, 3.63) is 0 Å². The summed E-state index contributed by atoms with van der Waals surface area (Å²) in [4.78, 5) is 0. The van der Waals surface area contributed by atoms with Crippen molar-refractivity contribution in [3.8, 4) is 0 Å². The van der Waals surface area contributed by atoms with Crippen LogP contribution < -0.4 is 0 Å². The van der Waals surface area contributed by atoms with Gasteiger partial charge in [-0.05, 0) is 19.8 Å². The highest BCUT2D eigenvalue weighted by atomic mass is 32.3. The normalized spacial score (nSPS) is 13.3. The molecule has 0 aromatic rings. The van der Waals surface area contributed by atoms with Crippen LogP contribution in [0.2, 0.25) is 0 Å². The van der Waals surface area contributed by atoms with Gasteiger partial charge in [0.15, 0.2) is 6.29 Å². The highest BCUT2D eigenvalue weighted by Gasteiger charge is 2.16. The zero-order valence-corrected chi connectivity index (χ0v) is 16.5. The van der Waals surface area contributed by atoms with Crippen molar-refractivity contribution in [1.29, 1.82) is 0 Å². The van der Waals surface area contributed by atoms with Gasteiger partial charge in [0.05, 0.1) is 0 Å². The van der Waals surface area contributed by atoms with Gasteiger partial charge in [-0.2, -0.15) is 8.42 Å². The Balaban J connectivity index is 3.39. The number of ether oxygens (including phenoxy) is 1. The maximum atomic E-state index is 10.7. The molecule has 0 aromatic heterocycles. The molecule has 0 saturated heterocycles. The molecule has 1 atom stereocenters. The molecule has 0 bridgehead atoms. The summed E-state index contributed by atoms with van der Waals surface area (Å²) in [6, 6.07) is 0. The smallest absolute Gasteiger partial charge is 0.352 e. The second-order valence-electron chi connectivity index (χ2n) is 6.44. The third-order valence-corrected chi connectivity index (χ3v) is 4.58. The van der Waals surface area contributed by atoms with E-state index in [0.717, 1.165) is 19.3 Å². The summed E-state index contributed by atoms with van der Waals surface area (Å²) >= 11 is 0. The predicted molar refractivity (Wildman–Crippen MR) is 98.4 cm³/mol. The maximum Gasteiger partial charge on any atom is 0.399 e. The molecule has 1 unspecified atom stereocenters. The summed E-state index contributed by atoms with van der Waals surface area (Å²) in [5.41, 5.74) is 0. The minimum absolute atomic E-state index is 0.360. The summed E-state index contributed by atoms with van der Waals surface area (Å²) in [5.74, 6) is 0.